The van der Waals surface area contributed by atoms with Gasteiger partial charge in [-0.1, -0.05) is 19.3 Å². The van der Waals surface area contributed by atoms with Crippen LogP contribution in [0.3, 0.4) is 0 Å². The molecule has 3 rings (SSSR count). The largest absolute Gasteiger partial charge is 0.381 e. The summed E-state index contributed by atoms with van der Waals surface area (Å²) in [5, 5.41) is 0. The lowest BCUT2D eigenvalue weighted by Crippen LogP contribution is -2.60. The zero-order valence-electron chi connectivity index (χ0n) is 13.2. The summed E-state index contributed by atoms with van der Waals surface area (Å²) in [6.45, 7) is 3.44. The van der Waals surface area contributed by atoms with E-state index in [0.29, 0.717) is 6.10 Å². The van der Waals surface area contributed by atoms with Crippen molar-refractivity contribution in [3.8, 4) is 0 Å². The SMILES string of the molecule is COC1CCC(CN)(N2CCC3CCCCC3C2)CC1. The first kappa shape index (κ1) is 14.8. The van der Waals surface area contributed by atoms with Gasteiger partial charge < -0.3 is 10.5 Å². The number of piperidine rings is 1. The van der Waals surface area contributed by atoms with Gasteiger partial charge in [0.1, 0.15) is 0 Å². The van der Waals surface area contributed by atoms with Crippen LogP contribution in [0.1, 0.15) is 57.8 Å². The standard InChI is InChI=1S/C17H32N2O/c1-20-16-6-9-17(13-18,10-7-16)19-11-8-14-4-2-3-5-15(14)12-19/h14-16H,2-13,18H2,1H3. The Kier molecular flexibility index (Phi) is 4.68. The molecule has 2 aliphatic carbocycles. The monoisotopic (exact) mass is 280 g/mol. The Hall–Kier alpha value is -0.120. The predicted octanol–water partition coefficient (Wildman–Crippen LogP) is 2.79. The van der Waals surface area contributed by atoms with Gasteiger partial charge in [-0.05, 0) is 56.9 Å². The van der Waals surface area contributed by atoms with Gasteiger partial charge in [0.05, 0.1) is 6.10 Å². The van der Waals surface area contributed by atoms with Gasteiger partial charge in [0.2, 0.25) is 0 Å². The molecule has 3 aliphatic rings. The highest BCUT2D eigenvalue weighted by atomic mass is 16.5. The zero-order chi connectivity index (χ0) is 14.0. The van der Waals surface area contributed by atoms with Crippen molar-refractivity contribution < 1.29 is 4.74 Å². The third kappa shape index (κ3) is 2.77. The molecular weight excluding hydrogens is 248 g/mol. The highest BCUT2D eigenvalue weighted by Crippen LogP contribution is 2.41. The molecule has 0 radical (unpaired) electrons. The summed E-state index contributed by atoms with van der Waals surface area (Å²) < 4.78 is 5.54. The maximum absolute atomic E-state index is 6.24. The van der Waals surface area contributed by atoms with Crippen LogP contribution in [0.5, 0.6) is 0 Å². The lowest BCUT2D eigenvalue weighted by atomic mass is 9.72. The van der Waals surface area contributed by atoms with E-state index in [-0.39, 0.29) is 5.54 Å². The molecule has 1 heterocycles. The fourth-order valence-corrected chi connectivity index (χ4v) is 5.05. The van der Waals surface area contributed by atoms with Gasteiger partial charge in [-0.25, -0.2) is 0 Å². The maximum atomic E-state index is 6.24. The summed E-state index contributed by atoms with van der Waals surface area (Å²) >= 11 is 0. The van der Waals surface area contributed by atoms with E-state index in [0.717, 1.165) is 18.4 Å². The van der Waals surface area contributed by atoms with Crippen molar-refractivity contribution in [2.45, 2.75) is 69.4 Å². The molecule has 2 atom stereocenters. The number of rotatable bonds is 3. The molecule has 1 saturated heterocycles. The van der Waals surface area contributed by atoms with Crippen molar-refractivity contribution >= 4 is 0 Å². The number of ether oxygens (including phenoxy) is 1. The lowest BCUT2D eigenvalue weighted by molar-refractivity contribution is -0.0406. The molecule has 3 fully saturated rings. The quantitative estimate of drug-likeness (QED) is 0.864. The number of likely N-dealkylation sites (tertiary alicyclic amines) is 1. The maximum Gasteiger partial charge on any atom is 0.0572 e. The van der Waals surface area contributed by atoms with Gasteiger partial charge in [-0.15, -0.1) is 0 Å². The Morgan fingerprint density at radius 3 is 2.40 bits per heavy atom. The van der Waals surface area contributed by atoms with Crippen LogP contribution in [0.15, 0.2) is 0 Å². The molecule has 0 bridgehead atoms. The molecule has 3 nitrogen and oxygen atoms in total. The van der Waals surface area contributed by atoms with E-state index in [1.165, 1.54) is 70.9 Å². The van der Waals surface area contributed by atoms with Crippen LogP contribution in [0.25, 0.3) is 0 Å². The molecule has 1 aliphatic heterocycles. The van der Waals surface area contributed by atoms with Gasteiger partial charge >= 0.3 is 0 Å². The van der Waals surface area contributed by atoms with E-state index in [9.17, 15) is 0 Å². The minimum atomic E-state index is 0.289. The van der Waals surface area contributed by atoms with Gasteiger partial charge in [0, 0.05) is 25.7 Å². The summed E-state index contributed by atoms with van der Waals surface area (Å²) in [7, 11) is 1.85. The molecule has 0 aromatic heterocycles. The predicted molar refractivity (Wildman–Crippen MR) is 82.7 cm³/mol. The number of nitrogens with two attached hydrogens (primary N) is 1. The molecule has 0 amide bonds. The lowest BCUT2D eigenvalue weighted by Gasteiger charge is -2.52. The molecular formula is C17H32N2O. The van der Waals surface area contributed by atoms with Gasteiger partial charge in [-0.3, -0.25) is 4.90 Å². The Morgan fingerprint density at radius 1 is 1.05 bits per heavy atom. The summed E-state index contributed by atoms with van der Waals surface area (Å²) in [5.74, 6) is 1.98. The normalized spacial score (nSPS) is 43.2. The molecule has 2 saturated carbocycles. The third-order valence-corrected chi connectivity index (χ3v) is 6.54. The number of hydrogen-bond donors (Lipinski definition) is 1. The molecule has 2 N–H and O–H groups in total. The van der Waals surface area contributed by atoms with Crippen LogP contribution in [0, 0.1) is 11.8 Å². The second-order valence-corrected chi connectivity index (χ2v) is 7.40. The molecule has 3 heteroatoms. The van der Waals surface area contributed by atoms with Crippen molar-refractivity contribution in [1.82, 2.24) is 4.90 Å². The fraction of sp³-hybridized carbons (Fsp3) is 1.00. The molecule has 0 aromatic carbocycles. The Bertz CT molecular complexity index is 312. The van der Waals surface area contributed by atoms with E-state index < -0.39 is 0 Å². The van der Waals surface area contributed by atoms with Crippen molar-refractivity contribution in [1.29, 1.82) is 0 Å². The molecule has 20 heavy (non-hydrogen) atoms. The molecule has 0 spiro atoms. The second-order valence-electron chi connectivity index (χ2n) is 7.40. The minimum absolute atomic E-state index is 0.289. The Balaban J connectivity index is 1.64. The van der Waals surface area contributed by atoms with E-state index in [1.807, 2.05) is 7.11 Å². The van der Waals surface area contributed by atoms with Crippen LogP contribution in [-0.4, -0.2) is 43.3 Å². The molecule has 2 unspecified atom stereocenters. The van der Waals surface area contributed by atoms with Crippen molar-refractivity contribution in [3.63, 3.8) is 0 Å². The van der Waals surface area contributed by atoms with Crippen LogP contribution in [0.4, 0.5) is 0 Å². The van der Waals surface area contributed by atoms with Crippen molar-refractivity contribution in [3.05, 3.63) is 0 Å². The first-order valence-electron chi connectivity index (χ1n) is 8.75. The smallest absolute Gasteiger partial charge is 0.0572 e. The first-order chi connectivity index (χ1) is 9.77. The van der Waals surface area contributed by atoms with E-state index in [4.69, 9.17) is 10.5 Å². The zero-order valence-corrected chi connectivity index (χ0v) is 13.2. The first-order valence-corrected chi connectivity index (χ1v) is 8.75. The van der Waals surface area contributed by atoms with Crippen molar-refractivity contribution in [2.75, 3.05) is 26.7 Å². The van der Waals surface area contributed by atoms with E-state index in [1.54, 1.807) is 0 Å². The summed E-state index contributed by atoms with van der Waals surface area (Å²) in [4.78, 5) is 2.78. The number of methoxy groups -OCH3 is 1. The van der Waals surface area contributed by atoms with Gasteiger partial charge in [0.15, 0.2) is 0 Å². The van der Waals surface area contributed by atoms with Crippen LogP contribution < -0.4 is 5.73 Å². The van der Waals surface area contributed by atoms with E-state index in [2.05, 4.69) is 4.90 Å². The molecule has 116 valence electrons. The van der Waals surface area contributed by atoms with Crippen molar-refractivity contribution in [2.24, 2.45) is 17.6 Å². The average molecular weight is 280 g/mol. The van der Waals surface area contributed by atoms with E-state index >= 15 is 0 Å². The summed E-state index contributed by atoms with van der Waals surface area (Å²) in [6, 6.07) is 0. The van der Waals surface area contributed by atoms with Gasteiger partial charge in [-0.2, -0.15) is 0 Å². The number of hydrogen-bond acceptors (Lipinski definition) is 3. The average Bonchev–Trinajstić information content (AvgIpc) is 2.54. The Labute approximate surface area is 124 Å². The minimum Gasteiger partial charge on any atom is -0.381 e. The summed E-state index contributed by atoms with van der Waals surface area (Å²) in [6.07, 6.45) is 12.6. The van der Waals surface area contributed by atoms with Crippen LogP contribution >= 0.6 is 0 Å². The highest BCUT2D eigenvalue weighted by Gasteiger charge is 2.43. The molecule has 0 aromatic rings. The Morgan fingerprint density at radius 2 is 1.75 bits per heavy atom. The topological polar surface area (TPSA) is 38.5 Å². The van der Waals surface area contributed by atoms with Gasteiger partial charge in [0.25, 0.3) is 0 Å². The number of fused-ring (bicyclic) bond motifs is 1. The van der Waals surface area contributed by atoms with Crippen LogP contribution in [0.2, 0.25) is 0 Å². The second kappa shape index (κ2) is 6.33. The highest BCUT2D eigenvalue weighted by molar-refractivity contribution is 4.99. The third-order valence-electron chi connectivity index (χ3n) is 6.54. The summed E-state index contributed by atoms with van der Waals surface area (Å²) in [5.41, 5.74) is 6.53. The number of nitrogens with zero attached hydrogens (tertiary/aromatic N) is 1. The van der Waals surface area contributed by atoms with Crippen LogP contribution in [-0.2, 0) is 4.74 Å². The fourth-order valence-electron chi connectivity index (χ4n) is 5.05.